The molecule has 2 aliphatic rings. The molecule has 43 heavy (non-hydrogen) atoms. The first-order valence-corrected chi connectivity index (χ1v) is 14.9. The average Bonchev–Trinajstić information content (AvgIpc) is 3.63. The van der Waals surface area contributed by atoms with E-state index in [-0.39, 0.29) is 29.6 Å². The van der Waals surface area contributed by atoms with Crippen LogP contribution in [0.1, 0.15) is 39.7 Å². The number of nitrogens with zero attached hydrogens (tertiary/aromatic N) is 4. The van der Waals surface area contributed by atoms with Gasteiger partial charge < -0.3 is 33.3 Å². The Morgan fingerprint density at radius 2 is 2.02 bits per heavy atom. The van der Waals surface area contributed by atoms with Crippen molar-refractivity contribution in [3.05, 3.63) is 30.4 Å². The molecule has 234 valence electrons. The molecule has 1 unspecified atom stereocenters. The van der Waals surface area contributed by atoms with Crippen LogP contribution in [0.3, 0.4) is 0 Å². The van der Waals surface area contributed by atoms with Gasteiger partial charge in [-0.05, 0) is 46.8 Å². The summed E-state index contributed by atoms with van der Waals surface area (Å²) in [5, 5.41) is 13.5. The van der Waals surface area contributed by atoms with Gasteiger partial charge in [-0.1, -0.05) is 0 Å². The number of aliphatic hydroxyl groups is 1. The molecule has 1 aromatic carbocycles. The molecule has 0 radical (unpaired) electrons. The van der Waals surface area contributed by atoms with Crippen LogP contribution in [0, 0.1) is 6.92 Å². The van der Waals surface area contributed by atoms with Gasteiger partial charge in [-0.2, -0.15) is 10.1 Å². The van der Waals surface area contributed by atoms with Crippen LogP contribution in [-0.4, -0.2) is 81.1 Å². The monoisotopic (exact) mass is 625 g/mol. The van der Waals surface area contributed by atoms with Gasteiger partial charge in [-0.25, -0.2) is 18.9 Å². The molecule has 2 N–H and O–H groups in total. The number of hydrogen-bond acceptors (Lipinski definition) is 13. The lowest BCUT2D eigenvalue weighted by Gasteiger charge is -2.25. The van der Waals surface area contributed by atoms with Crippen molar-refractivity contribution < 1.29 is 51.6 Å². The standard InChI is InChI=1S/C26H33FN5O10P/c1-13(2)40-24(34)14(3)31-43(35,42-16-7-8-17-18(9-16)38-12-37-17)39-10-19-21(33)26(5,27)25(41-19)32-11-28-20-22(32)29-15(4)30-23(20)36-6/h7-9,11,13-14,19,21,25,33H,10,12H2,1-6H3,(H,31,35)/t14-,19+,21+,25+,26+,43?/m0/s1. The van der Waals surface area contributed by atoms with Crippen molar-refractivity contribution in [2.45, 2.75) is 70.9 Å². The van der Waals surface area contributed by atoms with Crippen molar-refractivity contribution >= 4 is 24.9 Å². The minimum atomic E-state index is -4.39. The highest BCUT2D eigenvalue weighted by Crippen LogP contribution is 2.49. The Morgan fingerprint density at radius 1 is 1.28 bits per heavy atom. The summed E-state index contributed by atoms with van der Waals surface area (Å²) in [5.74, 6) is 0.720. The average molecular weight is 626 g/mol. The molecule has 0 aliphatic carbocycles. The van der Waals surface area contributed by atoms with E-state index in [0.717, 1.165) is 6.92 Å². The van der Waals surface area contributed by atoms with Crippen molar-refractivity contribution in [3.8, 4) is 23.1 Å². The van der Waals surface area contributed by atoms with E-state index in [1.807, 2.05) is 0 Å². The third-order valence-electron chi connectivity index (χ3n) is 6.70. The van der Waals surface area contributed by atoms with E-state index in [4.69, 9.17) is 32.7 Å². The van der Waals surface area contributed by atoms with Crippen molar-refractivity contribution in [3.63, 3.8) is 0 Å². The van der Waals surface area contributed by atoms with E-state index in [0.29, 0.717) is 17.3 Å². The summed E-state index contributed by atoms with van der Waals surface area (Å²) >= 11 is 0. The molecule has 0 spiro atoms. The van der Waals surface area contributed by atoms with Gasteiger partial charge in [0.05, 0.1) is 26.1 Å². The van der Waals surface area contributed by atoms with Crippen molar-refractivity contribution in [2.75, 3.05) is 20.5 Å². The predicted molar refractivity (Wildman–Crippen MR) is 147 cm³/mol. The smallest absolute Gasteiger partial charge is 0.459 e. The quantitative estimate of drug-likeness (QED) is 0.235. The molecular formula is C26H33FN5O10P. The number of aromatic nitrogens is 4. The summed E-state index contributed by atoms with van der Waals surface area (Å²) < 4.78 is 69.7. The van der Waals surface area contributed by atoms with Gasteiger partial charge >= 0.3 is 13.7 Å². The van der Waals surface area contributed by atoms with E-state index >= 15 is 4.39 Å². The van der Waals surface area contributed by atoms with Crippen molar-refractivity contribution in [1.82, 2.24) is 24.6 Å². The normalized spacial score (nSPS) is 25.1. The highest BCUT2D eigenvalue weighted by atomic mass is 31.2. The third-order valence-corrected chi connectivity index (χ3v) is 8.34. The van der Waals surface area contributed by atoms with Crippen LogP contribution < -0.4 is 23.8 Å². The SMILES string of the molecule is COc1nc(C)nc2c1ncn2[C@@H]1O[C@H](COP(=O)(N[C@@H](C)C(=O)OC(C)C)Oc2ccc3c(c2)OCO3)[C@@H](O)[C@@]1(C)F. The number of imidazole rings is 1. The summed E-state index contributed by atoms with van der Waals surface area (Å²) in [4.78, 5) is 25.2. The fourth-order valence-corrected chi connectivity index (χ4v) is 6.11. The van der Waals surface area contributed by atoms with Crippen molar-refractivity contribution in [2.24, 2.45) is 0 Å². The zero-order valence-electron chi connectivity index (χ0n) is 24.3. The highest BCUT2D eigenvalue weighted by Gasteiger charge is 2.56. The number of nitrogens with one attached hydrogen (secondary N) is 1. The summed E-state index contributed by atoms with van der Waals surface area (Å²) in [6, 6.07) is 3.33. The van der Waals surface area contributed by atoms with E-state index in [1.54, 1.807) is 26.8 Å². The molecule has 0 saturated carbocycles. The van der Waals surface area contributed by atoms with Crippen LogP contribution >= 0.6 is 7.75 Å². The molecule has 0 amide bonds. The second-order valence-corrected chi connectivity index (χ2v) is 12.2. The number of benzene rings is 1. The maximum Gasteiger partial charge on any atom is 0.459 e. The van der Waals surface area contributed by atoms with Gasteiger partial charge in [0.1, 0.15) is 29.8 Å². The first-order valence-electron chi connectivity index (χ1n) is 13.4. The lowest BCUT2D eigenvalue weighted by Crippen LogP contribution is -2.41. The zero-order chi connectivity index (χ0) is 31.1. The van der Waals surface area contributed by atoms with Gasteiger partial charge in [0.15, 0.2) is 34.6 Å². The number of esters is 1. The summed E-state index contributed by atoms with van der Waals surface area (Å²) in [7, 11) is -2.97. The molecule has 2 aromatic heterocycles. The number of alkyl halides is 1. The number of rotatable bonds is 11. The molecule has 0 bridgehead atoms. The summed E-state index contributed by atoms with van der Waals surface area (Å²) in [6.07, 6.45) is -3.59. The summed E-state index contributed by atoms with van der Waals surface area (Å²) in [6.45, 7) is 6.96. The lowest BCUT2D eigenvalue weighted by atomic mass is 9.98. The first-order chi connectivity index (χ1) is 20.3. The Hall–Kier alpha value is -3.56. The predicted octanol–water partition coefficient (Wildman–Crippen LogP) is 2.99. The van der Waals surface area contributed by atoms with E-state index in [2.05, 4.69) is 20.0 Å². The Morgan fingerprint density at radius 3 is 2.74 bits per heavy atom. The fraction of sp³-hybridized carbons (Fsp3) is 0.538. The molecule has 15 nitrogen and oxygen atoms in total. The first kappa shape index (κ1) is 30.9. The minimum absolute atomic E-state index is 0.00787. The van der Waals surface area contributed by atoms with Crippen LogP contribution in [0.25, 0.3) is 11.2 Å². The Kier molecular flexibility index (Phi) is 8.51. The second-order valence-electron chi connectivity index (χ2n) is 10.5. The Bertz CT molecular complexity index is 1550. The van der Waals surface area contributed by atoms with Gasteiger partial charge in [0, 0.05) is 6.07 Å². The number of halogens is 1. The van der Waals surface area contributed by atoms with Gasteiger partial charge in [-0.3, -0.25) is 13.9 Å². The second kappa shape index (κ2) is 11.8. The Balaban J connectivity index is 1.38. The number of carbonyl (C=O) groups excluding carboxylic acids is 1. The molecule has 4 heterocycles. The molecule has 2 aliphatic heterocycles. The molecule has 3 aromatic rings. The molecule has 17 heteroatoms. The number of hydrogen-bond donors (Lipinski definition) is 2. The number of fused-ring (bicyclic) bond motifs is 2. The minimum Gasteiger partial charge on any atom is -0.479 e. The maximum atomic E-state index is 16.1. The number of ether oxygens (including phenoxy) is 5. The van der Waals surface area contributed by atoms with Crippen LogP contribution in [0.5, 0.6) is 23.1 Å². The van der Waals surface area contributed by atoms with Crippen LogP contribution in [0.15, 0.2) is 24.5 Å². The Labute approximate surface area is 246 Å². The lowest BCUT2D eigenvalue weighted by molar-refractivity contribution is -0.149. The fourth-order valence-electron chi connectivity index (χ4n) is 4.62. The topological polar surface area (TPSA) is 175 Å². The number of carbonyl (C=O) groups is 1. The summed E-state index contributed by atoms with van der Waals surface area (Å²) in [5.41, 5.74) is -1.87. The number of aliphatic hydroxyl groups excluding tert-OH is 1. The molecular weight excluding hydrogens is 592 g/mol. The zero-order valence-corrected chi connectivity index (χ0v) is 25.2. The van der Waals surface area contributed by atoms with Crippen molar-refractivity contribution in [1.29, 1.82) is 0 Å². The molecule has 1 saturated heterocycles. The molecule has 6 atom stereocenters. The maximum absolute atomic E-state index is 16.1. The van der Waals surface area contributed by atoms with E-state index in [1.165, 1.54) is 37.1 Å². The van der Waals surface area contributed by atoms with Crippen LogP contribution in [-0.2, 0) is 23.4 Å². The third kappa shape index (κ3) is 6.24. The molecule has 5 rings (SSSR count). The highest BCUT2D eigenvalue weighted by molar-refractivity contribution is 7.52. The number of methoxy groups -OCH3 is 1. The van der Waals surface area contributed by atoms with Gasteiger partial charge in [0.25, 0.3) is 0 Å². The number of aryl methyl sites for hydroxylation is 1. The molecule has 1 fully saturated rings. The van der Waals surface area contributed by atoms with Gasteiger partial charge in [0.2, 0.25) is 12.7 Å². The van der Waals surface area contributed by atoms with Crippen LogP contribution in [0.4, 0.5) is 4.39 Å². The van der Waals surface area contributed by atoms with E-state index in [9.17, 15) is 14.5 Å². The van der Waals surface area contributed by atoms with Gasteiger partial charge in [-0.15, -0.1) is 0 Å². The van der Waals surface area contributed by atoms with E-state index < -0.39 is 56.6 Å². The largest absolute Gasteiger partial charge is 0.479 e. The van der Waals surface area contributed by atoms with Crippen LogP contribution in [0.2, 0.25) is 0 Å².